The molecule has 33 heavy (non-hydrogen) atoms. The van der Waals surface area contributed by atoms with E-state index in [1.54, 1.807) is 18.2 Å². The molecule has 1 heterocycles. The number of carbonyl (C=O) groups is 2. The SMILES string of the molecule is CC(C(=O)O[C@@H]1O[C@H](CO)[C@@H](O)[C@H](O)[C@H]1O)N(C(=O)c1ccccc1)c1ccc(F)c(Cl)c1. The normalized spacial score (nSPS) is 25.8. The Labute approximate surface area is 193 Å². The highest BCUT2D eigenvalue weighted by Gasteiger charge is 2.46. The van der Waals surface area contributed by atoms with Gasteiger partial charge in [-0.15, -0.1) is 0 Å². The first-order chi connectivity index (χ1) is 15.6. The van der Waals surface area contributed by atoms with Crippen molar-refractivity contribution in [3.05, 3.63) is 64.9 Å². The van der Waals surface area contributed by atoms with Gasteiger partial charge in [-0.1, -0.05) is 29.8 Å². The minimum Gasteiger partial charge on any atom is -0.431 e. The van der Waals surface area contributed by atoms with Crippen LogP contribution in [0.25, 0.3) is 0 Å². The summed E-state index contributed by atoms with van der Waals surface area (Å²) in [6.07, 6.45) is -8.19. The van der Waals surface area contributed by atoms with Crippen molar-refractivity contribution in [3.8, 4) is 0 Å². The average Bonchev–Trinajstić information content (AvgIpc) is 2.82. The highest BCUT2D eigenvalue weighted by atomic mass is 35.5. The van der Waals surface area contributed by atoms with Crippen molar-refractivity contribution >= 4 is 29.2 Å². The smallest absolute Gasteiger partial charge is 0.331 e. The number of hydrogen-bond acceptors (Lipinski definition) is 8. The molecule has 4 N–H and O–H groups in total. The highest BCUT2D eigenvalue weighted by molar-refractivity contribution is 6.31. The number of rotatable bonds is 6. The van der Waals surface area contributed by atoms with Gasteiger partial charge in [-0.3, -0.25) is 9.69 Å². The van der Waals surface area contributed by atoms with E-state index >= 15 is 0 Å². The standard InChI is InChI=1S/C22H23ClFNO8/c1-11(21(31)33-22-19(29)18(28)17(27)16(10-26)32-22)25(13-7-8-15(24)14(23)9-13)20(30)12-5-3-2-4-6-12/h2-9,11,16-19,22,26-29H,10H2,1H3/t11?,16-,17-,18+,19-,22+/m1/s1. The van der Waals surface area contributed by atoms with Crippen LogP contribution in [0.1, 0.15) is 17.3 Å². The van der Waals surface area contributed by atoms with E-state index < -0.39 is 61.0 Å². The number of anilines is 1. The molecule has 9 nitrogen and oxygen atoms in total. The Balaban J connectivity index is 1.89. The maximum absolute atomic E-state index is 13.7. The molecule has 178 valence electrons. The summed E-state index contributed by atoms with van der Waals surface area (Å²) in [5.74, 6) is -2.37. The summed E-state index contributed by atoms with van der Waals surface area (Å²) in [4.78, 5) is 27.2. The Kier molecular flexibility index (Phi) is 8.01. The summed E-state index contributed by atoms with van der Waals surface area (Å²) in [5, 5.41) is 38.9. The van der Waals surface area contributed by atoms with Crippen LogP contribution in [-0.2, 0) is 14.3 Å². The van der Waals surface area contributed by atoms with E-state index in [2.05, 4.69) is 0 Å². The van der Waals surface area contributed by atoms with Gasteiger partial charge in [0.1, 0.15) is 36.3 Å². The maximum Gasteiger partial charge on any atom is 0.331 e. The van der Waals surface area contributed by atoms with Gasteiger partial charge in [-0.05, 0) is 37.3 Å². The fraction of sp³-hybridized carbons (Fsp3) is 0.364. The molecule has 0 aliphatic carbocycles. The predicted molar refractivity (Wildman–Crippen MR) is 114 cm³/mol. The molecule has 2 aromatic rings. The lowest BCUT2D eigenvalue weighted by Crippen LogP contribution is -2.60. The van der Waals surface area contributed by atoms with Crippen molar-refractivity contribution in [2.24, 2.45) is 0 Å². The van der Waals surface area contributed by atoms with E-state index in [0.717, 1.165) is 11.0 Å². The first-order valence-electron chi connectivity index (χ1n) is 10.0. The molecule has 3 rings (SSSR count). The molecular formula is C22H23ClFNO8. The fourth-order valence-electron chi connectivity index (χ4n) is 3.35. The molecule has 1 aliphatic rings. The van der Waals surface area contributed by atoms with Crippen LogP contribution in [0.5, 0.6) is 0 Å². The number of aliphatic hydroxyl groups is 4. The van der Waals surface area contributed by atoms with Gasteiger partial charge in [0.2, 0.25) is 6.29 Å². The molecule has 0 aromatic heterocycles. The van der Waals surface area contributed by atoms with E-state index in [4.69, 9.17) is 21.1 Å². The third-order valence-corrected chi connectivity index (χ3v) is 5.52. The van der Waals surface area contributed by atoms with Crippen LogP contribution in [0.3, 0.4) is 0 Å². The van der Waals surface area contributed by atoms with Gasteiger partial charge in [-0.2, -0.15) is 0 Å². The van der Waals surface area contributed by atoms with Gasteiger partial charge in [0, 0.05) is 11.3 Å². The van der Waals surface area contributed by atoms with Crippen LogP contribution in [0.4, 0.5) is 10.1 Å². The number of hydrogen-bond donors (Lipinski definition) is 4. The summed E-state index contributed by atoms with van der Waals surface area (Å²) in [6, 6.07) is 10.2. The lowest BCUT2D eigenvalue weighted by molar-refractivity contribution is -0.292. The highest BCUT2D eigenvalue weighted by Crippen LogP contribution is 2.28. The quantitative estimate of drug-likeness (QED) is 0.444. The number of ether oxygens (including phenoxy) is 2. The second-order valence-corrected chi connectivity index (χ2v) is 7.86. The minimum atomic E-state index is -1.81. The number of amides is 1. The van der Waals surface area contributed by atoms with Crippen LogP contribution in [0.2, 0.25) is 5.02 Å². The molecule has 1 saturated heterocycles. The molecule has 1 fully saturated rings. The van der Waals surface area contributed by atoms with Gasteiger partial charge >= 0.3 is 5.97 Å². The molecule has 0 saturated carbocycles. The molecule has 0 bridgehead atoms. The lowest BCUT2D eigenvalue weighted by atomic mass is 9.99. The van der Waals surface area contributed by atoms with Gasteiger partial charge in [0.05, 0.1) is 11.6 Å². The summed E-state index contributed by atoms with van der Waals surface area (Å²) in [6.45, 7) is 0.631. The monoisotopic (exact) mass is 483 g/mol. The first-order valence-corrected chi connectivity index (χ1v) is 10.4. The van der Waals surface area contributed by atoms with E-state index in [-0.39, 0.29) is 16.3 Å². The third-order valence-electron chi connectivity index (χ3n) is 5.23. The number of benzene rings is 2. The van der Waals surface area contributed by atoms with Crippen molar-refractivity contribution in [2.75, 3.05) is 11.5 Å². The molecule has 2 aromatic carbocycles. The van der Waals surface area contributed by atoms with Crippen LogP contribution in [0, 0.1) is 5.82 Å². The number of aliphatic hydroxyl groups excluding tert-OH is 4. The molecule has 1 amide bonds. The van der Waals surface area contributed by atoms with Crippen LogP contribution < -0.4 is 4.90 Å². The molecule has 1 aliphatic heterocycles. The second-order valence-electron chi connectivity index (χ2n) is 7.45. The van der Waals surface area contributed by atoms with E-state index in [0.29, 0.717) is 0 Å². The number of esters is 1. The Hall–Kier alpha value is -2.60. The van der Waals surface area contributed by atoms with E-state index in [1.807, 2.05) is 0 Å². The molecule has 0 spiro atoms. The summed E-state index contributed by atoms with van der Waals surface area (Å²) in [7, 11) is 0. The van der Waals surface area contributed by atoms with E-state index in [1.165, 1.54) is 31.2 Å². The van der Waals surface area contributed by atoms with Gasteiger partial charge in [-0.25, -0.2) is 9.18 Å². The summed E-state index contributed by atoms with van der Waals surface area (Å²) < 4.78 is 24.1. The molecular weight excluding hydrogens is 461 g/mol. The summed E-state index contributed by atoms with van der Waals surface area (Å²) >= 11 is 5.87. The predicted octanol–water partition coefficient (Wildman–Crippen LogP) is 0.858. The first kappa shape index (κ1) is 25.0. The van der Waals surface area contributed by atoms with E-state index in [9.17, 15) is 34.4 Å². The topological polar surface area (TPSA) is 137 Å². The fourth-order valence-corrected chi connectivity index (χ4v) is 3.53. The van der Waals surface area contributed by atoms with Crippen molar-refractivity contribution in [1.29, 1.82) is 0 Å². The van der Waals surface area contributed by atoms with Crippen molar-refractivity contribution in [3.63, 3.8) is 0 Å². The van der Waals surface area contributed by atoms with Crippen molar-refractivity contribution in [1.82, 2.24) is 0 Å². The largest absolute Gasteiger partial charge is 0.431 e. The second kappa shape index (κ2) is 10.6. The Bertz CT molecular complexity index is 992. The molecule has 6 atom stereocenters. The molecule has 0 radical (unpaired) electrons. The summed E-state index contributed by atoms with van der Waals surface area (Å²) in [5.41, 5.74) is 0.332. The zero-order valence-electron chi connectivity index (χ0n) is 17.4. The van der Waals surface area contributed by atoms with Crippen LogP contribution in [-0.4, -0.2) is 75.7 Å². The van der Waals surface area contributed by atoms with Gasteiger partial charge in [0.25, 0.3) is 5.91 Å². The van der Waals surface area contributed by atoms with Gasteiger partial charge < -0.3 is 29.9 Å². The number of nitrogens with zero attached hydrogens (tertiary/aromatic N) is 1. The Morgan fingerprint density at radius 2 is 1.79 bits per heavy atom. The van der Waals surface area contributed by atoms with Crippen molar-refractivity contribution in [2.45, 2.75) is 43.7 Å². The maximum atomic E-state index is 13.7. The van der Waals surface area contributed by atoms with Crippen molar-refractivity contribution < 1.29 is 43.9 Å². The lowest BCUT2D eigenvalue weighted by Gasteiger charge is -2.39. The minimum absolute atomic E-state index is 0.105. The van der Waals surface area contributed by atoms with Gasteiger partial charge in [0.15, 0.2) is 0 Å². The number of carbonyl (C=O) groups excluding carboxylic acids is 2. The molecule has 1 unspecified atom stereocenters. The Morgan fingerprint density at radius 3 is 2.39 bits per heavy atom. The van der Waals surface area contributed by atoms with Crippen LogP contribution in [0.15, 0.2) is 48.5 Å². The zero-order valence-corrected chi connectivity index (χ0v) is 18.2. The molecule has 11 heteroatoms. The third kappa shape index (κ3) is 5.32. The Morgan fingerprint density at radius 1 is 1.12 bits per heavy atom. The zero-order chi connectivity index (χ0) is 24.3. The average molecular weight is 484 g/mol. The van der Waals surface area contributed by atoms with Crippen LogP contribution >= 0.6 is 11.6 Å². The number of halogens is 2.